The van der Waals surface area contributed by atoms with E-state index in [2.05, 4.69) is 26.2 Å². The summed E-state index contributed by atoms with van der Waals surface area (Å²) >= 11 is 4.82. The summed E-state index contributed by atoms with van der Waals surface area (Å²) in [7, 11) is 1.64. The van der Waals surface area contributed by atoms with E-state index in [0.29, 0.717) is 18.3 Å². The number of nitrogens with zero attached hydrogens (tertiary/aromatic N) is 1. The number of rotatable bonds is 7. The maximum atomic E-state index is 12.0. The number of benzene rings is 1. The highest BCUT2D eigenvalue weighted by molar-refractivity contribution is 9.10. The first-order chi connectivity index (χ1) is 10.5. The topological polar surface area (TPSA) is 60.5 Å². The first kappa shape index (κ1) is 17.2. The number of nitrogens with one attached hydrogen (secondary N) is 1. The highest BCUT2D eigenvalue weighted by atomic mass is 79.9. The Bertz CT molecular complexity index is 645. The minimum atomic E-state index is -0.229. The average molecular weight is 387 g/mol. The van der Waals surface area contributed by atoms with Gasteiger partial charge in [0.15, 0.2) is 5.13 Å². The minimum Gasteiger partial charge on any atom is -0.491 e. The molecule has 1 amide bonds. The number of methoxy groups -OCH3 is 1. The largest absolute Gasteiger partial charge is 0.491 e. The molecule has 1 unspecified atom stereocenters. The molecule has 1 N–H and O–H groups in total. The molecule has 1 heterocycles. The molecular weight excluding hydrogens is 368 g/mol. The van der Waals surface area contributed by atoms with Crippen molar-refractivity contribution in [2.45, 2.75) is 18.7 Å². The molecule has 0 aliphatic carbocycles. The predicted octanol–water partition coefficient (Wildman–Crippen LogP) is 3.68. The minimum absolute atomic E-state index is 0.0781. The summed E-state index contributed by atoms with van der Waals surface area (Å²) in [4.78, 5) is 16.2. The van der Waals surface area contributed by atoms with Crippen LogP contribution in [-0.2, 0) is 9.53 Å². The number of amides is 1. The fraction of sp³-hybridized carbons (Fsp3) is 0.467. The first-order valence-corrected chi connectivity index (χ1v) is 8.71. The van der Waals surface area contributed by atoms with Gasteiger partial charge < -0.3 is 14.8 Å². The van der Waals surface area contributed by atoms with Crippen LogP contribution in [0.3, 0.4) is 0 Å². The first-order valence-electron chi connectivity index (χ1n) is 6.98. The van der Waals surface area contributed by atoms with Crippen LogP contribution in [0.15, 0.2) is 18.2 Å². The zero-order chi connectivity index (χ0) is 16.1. The normalized spacial score (nSPS) is 12.6. The SMILES string of the molecule is COCCOc1ccc2nc(NC(=O)C(Br)C(C)C)sc2c1. The molecule has 1 aromatic heterocycles. The van der Waals surface area contributed by atoms with Crippen LogP contribution in [0.5, 0.6) is 5.75 Å². The van der Waals surface area contributed by atoms with Crippen LogP contribution in [0, 0.1) is 5.92 Å². The molecule has 2 aromatic rings. The number of thiazole rings is 1. The second-order valence-corrected chi connectivity index (χ2v) is 7.14. The van der Waals surface area contributed by atoms with Crippen molar-refractivity contribution in [2.75, 3.05) is 25.6 Å². The van der Waals surface area contributed by atoms with Gasteiger partial charge in [0.1, 0.15) is 12.4 Å². The van der Waals surface area contributed by atoms with Crippen LogP contribution in [0.25, 0.3) is 10.2 Å². The molecule has 5 nitrogen and oxygen atoms in total. The van der Waals surface area contributed by atoms with Crippen molar-refractivity contribution in [1.29, 1.82) is 0 Å². The summed E-state index contributed by atoms with van der Waals surface area (Å²) < 4.78 is 11.5. The third-order valence-corrected chi connectivity index (χ3v) is 5.39. The van der Waals surface area contributed by atoms with Crippen molar-refractivity contribution >= 4 is 48.5 Å². The number of fused-ring (bicyclic) bond motifs is 1. The van der Waals surface area contributed by atoms with Gasteiger partial charge in [0.25, 0.3) is 0 Å². The zero-order valence-electron chi connectivity index (χ0n) is 12.8. The quantitative estimate of drug-likeness (QED) is 0.582. The van der Waals surface area contributed by atoms with Crippen molar-refractivity contribution in [3.8, 4) is 5.75 Å². The maximum Gasteiger partial charge on any atom is 0.240 e. The number of halogens is 1. The Morgan fingerprint density at radius 3 is 2.86 bits per heavy atom. The summed E-state index contributed by atoms with van der Waals surface area (Å²) in [6.45, 7) is 5.02. The molecule has 22 heavy (non-hydrogen) atoms. The molecule has 0 bridgehead atoms. The van der Waals surface area contributed by atoms with E-state index < -0.39 is 0 Å². The van der Waals surface area contributed by atoms with Crippen molar-refractivity contribution in [2.24, 2.45) is 5.92 Å². The smallest absolute Gasteiger partial charge is 0.240 e. The molecule has 0 fully saturated rings. The van der Waals surface area contributed by atoms with Crippen LogP contribution in [0.1, 0.15) is 13.8 Å². The van der Waals surface area contributed by atoms with Crippen molar-refractivity contribution in [3.05, 3.63) is 18.2 Å². The Morgan fingerprint density at radius 1 is 1.41 bits per heavy atom. The molecule has 120 valence electrons. The average Bonchev–Trinajstić information content (AvgIpc) is 2.87. The van der Waals surface area contributed by atoms with Gasteiger partial charge in [-0.1, -0.05) is 41.1 Å². The highest BCUT2D eigenvalue weighted by Crippen LogP contribution is 2.29. The molecule has 0 spiro atoms. The van der Waals surface area contributed by atoms with Crippen molar-refractivity contribution in [3.63, 3.8) is 0 Å². The summed E-state index contributed by atoms with van der Waals surface area (Å²) in [6.07, 6.45) is 0. The standard InChI is InChI=1S/C15H19BrN2O3S/c1-9(2)13(16)14(19)18-15-17-11-5-4-10(8-12(11)22-15)21-7-6-20-3/h4-5,8-9,13H,6-7H2,1-3H3,(H,17,18,19). The van der Waals surface area contributed by atoms with E-state index >= 15 is 0 Å². The third-order valence-electron chi connectivity index (χ3n) is 2.98. The molecule has 0 aliphatic heterocycles. The zero-order valence-corrected chi connectivity index (χ0v) is 15.2. The van der Waals surface area contributed by atoms with E-state index in [1.807, 2.05) is 32.0 Å². The second kappa shape index (κ2) is 7.89. The Balaban J connectivity index is 2.08. The van der Waals surface area contributed by atoms with E-state index in [1.165, 1.54) is 11.3 Å². The highest BCUT2D eigenvalue weighted by Gasteiger charge is 2.19. The number of hydrogen-bond donors (Lipinski definition) is 1. The summed E-state index contributed by atoms with van der Waals surface area (Å²) in [5.41, 5.74) is 0.843. The lowest BCUT2D eigenvalue weighted by molar-refractivity contribution is -0.116. The van der Waals surface area contributed by atoms with Crippen LogP contribution in [0.2, 0.25) is 0 Å². The molecule has 0 radical (unpaired) electrons. The Morgan fingerprint density at radius 2 is 2.18 bits per heavy atom. The number of hydrogen-bond acceptors (Lipinski definition) is 5. The predicted molar refractivity (Wildman–Crippen MR) is 93.2 cm³/mol. The van der Waals surface area contributed by atoms with Gasteiger partial charge in [0, 0.05) is 7.11 Å². The van der Waals surface area contributed by atoms with Gasteiger partial charge >= 0.3 is 0 Å². The van der Waals surface area contributed by atoms with E-state index in [-0.39, 0.29) is 16.7 Å². The van der Waals surface area contributed by atoms with Gasteiger partial charge in [-0.05, 0) is 24.1 Å². The van der Waals surface area contributed by atoms with Gasteiger partial charge in [0.05, 0.1) is 21.7 Å². The monoisotopic (exact) mass is 386 g/mol. The van der Waals surface area contributed by atoms with E-state index in [4.69, 9.17) is 9.47 Å². The van der Waals surface area contributed by atoms with Gasteiger partial charge in [-0.25, -0.2) is 4.98 Å². The van der Waals surface area contributed by atoms with E-state index in [1.54, 1.807) is 7.11 Å². The fourth-order valence-electron chi connectivity index (χ4n) is 1.77. The third kappa shape index (κ3) is 4.41. The summed E-state index contributed by atoms with van der Waals surface area (Å²) in [5.74, 6) is 0.910. The molecule has 0 saturated carbocycles. The molecule has 1 atom stereocenters. The lowest BCUT2D eigenvalue weighted by Crippen LogP contribution is -2.26. The molecule has 0 aliphatic rings. The number of aromatic nitrogens is 1. The van der Waals surface area contributed by atoms with Gasteiger partial charge in [0.2, 0.25) is 5.91 Å². The van der Waals surface area contributed by atoms with Crippen LogP contribution >= 0.6 is 27.3 Å². The van der Waals surface area contributed by atoms with Crippen molar-refractivity contribution < 1.29 is 14.3 Å². The van der Waals surface area contributed by atoms with Crippen LogP contribution in [0.4, 0.5) is 5.13 Å². The number of carbonyl (C=O) groups excluding carboxylic acids is 1. The molecule has 7 heteroatoms. The van der Waals surface area contributed by atoms with Crippen molar-refractivity contribution in [1.82, 2.24) is 4.98 Å². The van der Waals surface area contributed by atoms with Gasteiger partial charge in [-0.15, -0.1) is 0 Å². The molecule has 0 saturated heterocycles. The molecule has 1 aromatic carbocycles. The van der Waals surface area contributed by atoms with Gasteiger partial charge in [-0.2, -0.15) is 0 Å². The number of anilines is 1. The van der Waals surface area contributed by atoms with E-state index in [9.17, 15) is 4.79 Å². The number of ether oxygens (including phenoxy) is 2. The molecule has 2 rings (SSSR count). The second-order valence-electron chi connectivity index (χ2n) is 5.12. The molecular formula is C15H19BrN2O3S. The van der Waals surface area contributed by atoms with E-state index in [0.717, 1.165) is 16.0 Å². The Hall–Kier alpha value is -1.18. The van der Waals surface area contributed by atoms with Crippen LogP contribution in [-0.4, -0.2) is 36.0 Å². The summed E-state index contributed by atoms with van der Waals surface area (Å²) in [5, 5.41) is 3.44. The van der Waals surface area contributed by atoms with Gasteiger partial charge in [-0.3, -0.25) is 4.79 Å². The summed E-state index contributed by atoms with van der Waals surface area (Å²) in [6, 6.07) is 5.68. The maximum absolute atomic E-state index is 12.0. The van der Waals surface area contributed by atoms with Crippen LogP contribution < -0.4 is 10.1 Å². The lowest BCUT2D eigenvalue weighted by Gasteiger charge is -2.11. The Kier molecular flexibility index (Phi) is 6.16. The lowest BCUT2D eigenvalue weighted by atomic mass is 10.1. The number of carbonyl (C=O) groups is 1. The Labute approximate surface area is 142 Å². The number of alkyl halides is 1. The fourth-order valence-corrected chi connectivity index (χ4v) is 2.78.